The third-order valence-electron chi connectivity index (χ3n) is 0.916. The summed E-state index contributed by atoms with van der Waals surface area (Å²) in [6, 6.07) is 0. The van der Waals surface area contributed by atoms with Gasteiger partial charge in [0.25, 0.3) is 0 Å². The lowest BCUT2D eigenvalue weighted by molar-refractivity contribution is 0.194. The van der Waals surface area contributed by atoms with Crippen molar-refractivity contribution in [2.45, 2.75) is 16.3 Å². The highest BCUT2D eigenvalue weighted by Crippen LogP contribution is 2.37. The van der Waals surface area contributed by atoms with E-state index in [1.54, 1.807) is 0 Å². The highest BCUT2D eigenvalue weighted by Gasteiger charge is 2.16. The zero-order valence-corrected chi connectivity index (χ0v) is 9.70. The molecule has 0 amide bonds. The zero-order valence-electron chi connectivity index (χ0n) is 6.12. The molecule has 0 aliphatic rings. The Kier molecular flexibility index (Phi) is 5.64. The van der Waals surface area contributed by atoms with E-state index >= 15 is 0 Å². The van der Waals surface area contributed by atoms with Gasteiger partial charge in [0.05, 0.1) is 10.0 Å². The van der Waals surface area contributed by atoms with Gasteiger partial charge in [-0.25, -0.2) is 4.57 Å². The molecule has 74 valence electrons. The van der Waals surface area contributed by atoms with Gasteiger partial charge < -0.3 is 9.79 Å². The van der Waals surface area contributed by atoms with E-state index in [0.717, 1.165) is 0 Å². The molecule has 0 rings (SSSR count). The van der Waals surface area contributed by atoms with E-state index in [-0.39, 0.29) is 6.61 Å². The molecule has 0 aliphatic carbocycles. The normalized spacial score (nSPS) is 13.4. The van der Waals surface area contributed by atoms with Gasteiger partial charge in [-0.1, -0.05) is 0 Å². The maximum Gasteiger partial charge on any atom is 0.469 e. The van der Waals surface area contributed by atoms with E-state index in [2.05, 4.69) is 42.4 Å². The van der Waals surface area contributed by atoms with Gasteiger partial charge in [-0.05, 0) is 12.8 Å². The summed E-state index contributed by atoms with van der Waals surface area (Å²) in [6.45, 7) is -0.0201. The minimum atomic E-state index is -4.32. The van der Waals surface area contributed by atoms with E-state index in [4.69, 9.17) is 9.79 Å². The van der Waals surface area contributed by atoms with Crippen LogP contribution < -0.4 is 0 Å². The summed E-state index contributed by atoms with van der Waals surface area (Å²) in [5.41, 5.74) is 0. The molecule has 0 spiro atoms. The second-order valence-electron chi connectivity index (χ2n) is 2.20. The van der Waals surface area contributed by atoms with Gasteiger partial charge in [-0.2, -0.15) is 37.9 Å². The van der Waals surface area contributed by atoms with E-state index in [1.807, 2.05) is 0 Å². The van der Waals surface area contributed by atoms with Crippen LogP contribution in [0.1, 0.15) is 12.8 Å². The molecule has 0 aliphatic heterocycles. The number of phosphoric acid groups is 1. The molecular weight excluding hydrogens is 239 g/mol. The fourth-order valence-electron chi connectivity index (χ4n) is 0.493. The van der Waals surface area contributed by atoms with E-state index in [1.165, 1.54) is 0 Å². The molecule has 0 aromatic rings. The Morgan fingerprint density at radius 3 is 2.17 bits per heavy atom. The van der Waals surface area contributed by atoms with Gasteiger partial charge in [-0.3, -0.25) is 4.52 Å². The van der Waals surface area contributed by atoms with Crippen LogP contribution in [0.25, 0.3) is 0 Å². The molecule has 0 heterocycles. The third-order valence-corrected chi connectivity index (χ3v) is 2.11. The van der Waals surface area contributed by atoms with Crippen molar-refractivity contribution in [3.8, 4) is 0 Å². The Labute approximate surface area is 87.6 Å². The Morgan fingerprint density at radius 1 is 1.33 bits per heavy atom. The lowest BCUT2D eigenvalue weighted by atomic mass is 10.3. The van der Waals surface area contributed by atoms with Crippen molar-refractivity contribution in [3.05, 3.63) is 0 Å². The summed E-state index contributed by atoms with van der Waals surface area (Å²) < 4.78 is 13.6. The Bertz CT molecular complexity index is 174. The number of thiol groups is 3. The quantitative estimate of drug-likeness (QED) is 0.221. The Hall–Kier alpha value is 1.16. The molecular formula is C4H11O4PS3. The molecule has 0 saturated heterocycles. The third kappa shape index (κ3) is 11.2. The SMILES string of the molecule is O=P(O)(O)OCCCC(S)(S)S. The van der Waals surface area contributed by atoms with Crippen LogP contribution >= 0.6 is 45.7 Å². The molecule has 0 aromatic heterocycles. The lowest BCUT2D eigenvalue weighted by Gasteiger charge is -2.14. The first-order valence-electron chi connectivity index (χ1n) is 3.08. The maximum atomic E-state index is 10.2. The van der Waals surface area contributed by atoms with Crippen molar-refractivity contribution in [2.24, 2.45) is 0 Å². The number of hydrogen-bond donors (Lipinski definition) is 5. The van der Waals surface area contributed by atoms with Crippen LogP contribution in [0.4, 0.5) is 0 Å². The average molecular weight is 250 g/mol. The molecule has 4 nitrogen and oxygen atoms in total. The van der Waals surface area contributed by atoms with E-state index < -0.39 is 11.2 Å². The summed E-state index contributed by atoms with van der Waals surface area (Å²) in [5, 5.41) is 0. The van der Waals surface area contributed by atoms with Crippen LogP contribution in [0.2, 0.25) is 0 Å². The molecule has 2 N–H and O–H groups in total. The number of phosphoric ester groups is 1. The molecule has 0 atom stereocenters. The minimum Gasteiger partial charge on any atom is -0.303 e. The topological polar surface area (TPSA) is 66.8 Å². The number of hydrogen-bond acceptors (Lipinski definition) is 5. The van der Waals surface area contributed by atoms with Crippen LogP contribution in [0.3, 0.4) is 0 Å². The monoisotopic (exact) mass is 250 g/mol. The molecule has 12 heavy (non-hydrogen) atoms. The molecule has 0 fully saturated rings. The standard InChI is InChI=1S/C4H11O4PS3/c5-9(6,7)8-3-1-2-4(10,11)12/h10-12H,1-3H2,(H2,5,6,7). The fraction of sp³-hybridized carbons (Fsp3) is 1.00. The second-order valence-corrected chi connectivity index (χ2v) is 6.79. The van der Waals surface area contributed by atoms with Crippen molar-refractivity contribution in [1.82, 2.24) is 0 Å². The van der Waals surface area contributed by atoms with Gasteiger partial charge in [0.15, 0.2) is 0 Å². The van der Waals surface area contributed by atoms with E-state index in [0.29, 0.717) is 12.8 Å². The van der Waals surface area contributed by atoms with Crippen molar-refractivity contribution in [2.75, 3.05) is 6.61 Å². The summed E-state index contributed by atoms with van der Waals surface area (Å²) in [5.74, 6) is 0. The largest absolute Gasteiger partial charge is 0.469 e. The predicted molar refractivity (Wildman–Crippen MR) is 56.9 cm³/mol. The Morgan fingerprint density at radius 2 is 1.83 bits per heavy atom. The van der Waals surface area contributed by atoms with Crippen molar-refractivity contribution in [3.63, 3.8) is 0 Å². The average Bonchev–Trinajstić information content (AvgIpc) is 1.76. The first-order valence-corrected chi connectivity index (χ1v) is 5.95. The highest BCUT2D eigenvalue weighted by atomic mass is 32.2. The van der Waals surface area contributed by atoms with Gasteiger partial charge in [-0.15, -0.1) is 0 Å². The predicted octanol–water partition coefficient (Wildman–Crippen LogP) is 1.32. The smallest absolute Gasteiger partial charge is 0.303 e. The highest BCUT2D eigenvalue weighted by molar-refractivity contribution is 8.16. The molecule has 0 saturated carbocycles. The van der Waals surface area contributed by atoms with Crippen molar-refractivity contribution in [1.29, 1.82) is 0 Å². The van der Waals surface area contributed by atoms with Crippen LogP contribution in [0.15, 0.2) is 0 Å². The zero-order chi connectivity index (χ0) is 9.83. The van der Waals surface area contributed by atoms with Gasteiger partial charge in [0.1, 0.15) is 0 Å². The first-order chi connectivity index (χ1) is 5.21. The summed E-state index contributed by atoms with van der Waals surface area (Å²) in [4.78, 5) is 16.6. The molecule has 8 heteroatoms. The van der Waals surface area contributed by atoms with Crippen LogP contribution in [0.5, 0.6) is 0 Å². The lowest BCUT2D eigenvalue weighted by Crippen LogP contribution is -2.04. The summed E-state index contributed by atoms with van der Waals surface area (Å²) >= 11 is 11.9. The summed E-state index contributed by atoms with van der Waals surface area (Å²) in [6.07, 6.45) is 0.934. The number of rotatable bonds is 5. The Balaban J connectivity index is 3.41. The van der Waals surface area contributed by atoms with E-state index in [9.17, 15) is 4.57 Å². The van der Waals surface area contributed by atoms with Gasteiger partial charge in [0, 0.05) is 0 Å². The fourth-order valence-corrected chi connectivity index (χ4v) is 1.33. The molecule has 0 aromatic carbocycles. The first kappa shape index (κ1) is 13.2. The second kappa shape index (κ2) is 5.14. The molecule has 0 bridgehead atoms. The van der Waals surface area contributed by atoms with Gasteiger partial charge >= 0.3 is 7.82 Å². The maximum absolute atomic E-state index is 10.2. The van der Waals surface area contributed by atoms with Crippen molar-refractivity contribution < 1.29 is 18.9 Å². The van der Waals surface area contributed by atoms with Crippen LogP contribution in [-0.2, 0) is 9.09 Å². The van der Waals surface area contributed by atoms with Crippen LogP contribution in [-0.4, -0.2) is 19.8 Å². The van der Waals surface area contributed by atoms with Gasteiger partial charge in [0.2, 0.25) is 0 Å². The van der Waals surface area contributed by atoms with Crippen LogP contribution in [0, 0.1) is 0 Å². The summed E-state index contributed by atoms with van der Waals surface area (Å²) in [7, 11) is -4.32. The van der Waals surface area contributed by atoms with Crippen molar-refractivity contribution >= 4 is 45.7 Å². The minimum absolute atomic E-state index is 0.0201. The molecule has 0 radical (unpaired) electrons. The molecule has 0 unspecified atom stereocenters.